The minimum atomic E-state index is -0.910. The molecule has 1 aliphatic carbocycles. The summed E-state index contributed by atoms with van der Waals surface area (Å²) in [5.74, 6) is -0.627. The number of carbonyl (C=O) groups excluding carboxylic acids is 4. The topological polar surface area (TPSA) is 127 Å². The number of hydrogen-bond acceptors (Lipinski definition) is 6. The van der Waals surface area contributed by atoms with Crippen molar-refractivity contribution in [3.05, 3.63) is 42.5 Å². The molecule has 0 spiro atoms. The van der Waals surface area contributed by atoms with Gasteiger partial charge in [-0.15, -0.1) is 0 Å². The lowest BCUT2D eigenvalue weighted by Gasteiger charge is -2.37. The van der Waals surface area contributed by atoms with E-state index in [4.69, 9.17) is 0 Å². The highest BCUT2D eigenvalue weighted by Gasteiger charge is 2.39. The first kappa shape index (κ1) is 28.3. The molecule has 1 fully saturated rings. The van der Waals surface area contributed by atoms with Crippen LogP contribution in [0, 0.1) is 5.41 Å². The van der Waals surface area contributed by atoms with Crippen molar-refractivity contribution in [3.8, 4) is 0 Å². The standard InChI is InChI=1S/C29H40N6O4/c1-19(36)22(14-20-15-30-18-31-20)32-28(39)33-23-16-34(21-10-6-5-7-11-21)24-12-8-9-13-25(24)35(27(23)38)17-26(37)29(2,3)4/h8-9,12-13,15,18,21-23H,5-7,10-11,14,16-17H2,1-4H3,(H,30,31)(H2,32,33,39)/t22?,23-/m1/s1. The molecule has 210 valence electrons. The van der Waals surface area contributed by atoms with Crippen LogP contribution in [0.3, 0.4) is 0 Å². The molecule has 0 saturated heterocycles. The van der Waals surface area contributed by atoms with Crippen molar-refractivity contribution in [2.45, 2.75) is 84.3 Å². The number of para-hydroxylation sites is 2. The number of aromatic amines is 1. The number of Topliss-reactive ketones (excluding diaryl/α,β-unsaturated/α-hetero) is 2. The van der Waals surface area contributed by atoms with E-state index in [-0.39, 0.29) is 43.0 Å². The van der Waals surface area contributed by atoms with Gasteiger partial charge < -0.3 is 25.4 Å². The Morgan fingerprint density at radius 3 is 2.41 bits per heavy atom. The van der Waals surface area contributed by atoms with Crippen LogP contribution in [0.4, 0.5) is 16.2 Å². The van der Waals surface area contributed by atoms with E-state index >= 15 is 0 Å². The minimum absolute atomic E-state index is 0.0730. The summed E-state index contributed by atoms with van der Waals surface area (Å²) in [5, 5.41) is 5.58. The highest BCUT2D eigenvalue weighted by molar-refractivity contribution is 6.07. The fourth-order valence-electron chi connectivity index (χ4n) is 5.28. The number of nitrogens with zero attached hydrogens (tertiary/aromatic N) is 3. The number of anilines is 2. The summed E-state index contributed by atoms with van der Waals surface area (Å²) < 4.78 is 0. The average Bonchev–Trinajstić information content (AvgIpc) is 3.38. The van der Waals surface area contributed by atoms with E-state index in [0.29, 0.717) is 11.4 Å². The second kappa shape index (κ2) is 12.0. The van der Waals surface area contributed by atoms with Crippen LogP contribution in [-0.4, -0.2) is 64.7 Å². The number of imidazole rings is 1. The molecule has 39 heavy (non-hydrogen) atoms. The van der Waals surface area contributed by atoms with Crippen molar-refractivity contribution in [2.75, 3.05) is 22.9 Å². The molecule has 3 amide bonds. The molecule has 1 saturated carbocycles. The monoisotopic (exact) mass is 536 g/mol. The number of urea groups is 1. The van der Waals surface area contributed by atoms with E-state index in [0.717, 1.165) is 31.4 Å². The molecule has 1 aromatic heterocycles. The van der Waals surface area contributed by atoms with Crippen molar-refractivity contribution in [2.24, 2.45) is 5.41 Å². The Morgan fingerprint density at radius 2 is 1.79 bits per heavy atom. The number of hydrogen-bond donors (Lipinski definition) is 3. The number of aromatic nitrogens is 2. The molecule has 1 aliphatic heterocycles. The Labute approximate surface area is 229 Å². The van der Waals surface area contributed by atoms with Crippen LogP contribution in [0.2, 0.25) is 0 Å². The fraction of sp³-hybridized carbons (Fsp3) is 0.552. The zero-order chi connectivity index (χ0) is 28.2. The summed E-state index contributed by atoms with van der Waals surface area (Å²) in [6.07, 6.45) is 8.77. The van der Waals surface area contributed by atoms with Gasteiger partial charge in [-0.05, 0) is 31.9 Å². The molecule has 2 atom stereocenters. The van der Waals surface area contributed by atoms with Gasteiger partial charge in [-0.2, -0.15) is 0 Å². The molecule has 10 nitrogen and oxygen atoms in total. The Hall–Kier alpha value is -3.69. The summed E-state index contributed by atoms with van der Waals surface area (Å²) in [5.41, 5.74) is 1.65. The molecule has 1 unspecified atom stereocenters. The maximum atomic E-state index is 14.0. The van der Waals surface area contributed by atoms with Gasteiger partial charge in [0.1, 0.15) is 6.04 Å². The van der Waals surface area contributed by atoms with Crippen LogP contribution in [0.5, 0.6) is 0 Å². The van der Waals surface area contributed by atoms with Crippen molar-refractivity contribution in [3.63, 3.8) is 0 Å². The zero-order valence-electron chi connectivity index (χ0n) is 23.3. The Balaban J connectivity index is 1.63. The van der Waals surface area contributed by atoms with Crippen LogP contribution >= 0.6 is 0 Å². The quantitative estimate of drug-likeness (QED) is 0.475. The molecule has 10 heteroatoms. The normalized spacial score (nSPS) is 19.2. The maximum Gasteiger partial charge on any atom is 0.316 e. The van der Waals surface area contributed by atoms with Crippen molar-refractivity contribution < 1.29 is 19.2 Å². The van der Waals surface area contributed by atoms with Crippen molar-refractivity contribution >= 4 is 34.9 Å². The number of benzene rings is 1. The van der Waals surface area contributed by atoms with E-state index < -0.39 is 23.5 Å². The maximum absolute atomic E-state index is 14.0. The molecular weight excluding hydrogens is 496 g/mol. The average molecular weight is 537 g/mol. The Morgan fingerprint density at radius 1 is 1.10 bits per heavy atom. The predicted octanol–water partition coefficient (Wildman–Crippen LogP) is 3.38. The van der Waals surface area contributed by atoms with Gasteiger partial charge in [0.2, 0.25) is 0 Å². The molecule has 1 aromatic carbocycles. The van der Waals surface area contributed by atoms with E-state index in [2.05, 4.69) is 25.5 Å². The smallest absolute Gasteiger partial charge is 0.316 e. The van der Waals surface area contributed by atoms with Gasteiger partial charge in [0, 0.05) is 36.3 Å². The number of rotatable bonds is 8. The summed E-state index contributed by atoms with van der Waals surface area (Å²) in [7, 11) is 0. The van der Waals surface area contributed by atoms with Gasteiger partial charge >= 0.3 is 6.03 Å². The van der Waals surface area contributed by atoms with Crippen LogP contribution in [-0.2, 0) is 20.8 Å². The lowest BCUT2D eigenvalue weighted by Crippen LogP contribution is -2.58. The number of H-pyrrole nitrogens is 1. The number of ketones is 2. The summed E-state index contributed by atoms with van der Waals surface area (Å²) in [6.45, 7) is 7.11. The third-order valence-electron chi connectivity index (χ3n) is 7.66. The molecule has 4 rings (SSSR count). The fourth-order valence-corrected chi connectivity index (χ4v) is 5.28. The van der Waals surface area contributed by atoms with E-state index in [1.165, 1.54) is 24.6 Å². The van der Waals surface area contributed by atoms with Crippen molar-refractivity contribution in [1.29, 1.82) is 0 Å². The van der Waals surface area contributed by atoms with Gasteiger partial charge in [0.05, 0.1) is 30.3 Å². The lowest BCUT2D eigenvalue weighted by atomic mass is 9.90. The molecule has 0 radical (unpaired) electrons. The predicted molar refractivity (Wildman–Crippen MR) is 150 cm³/mol. The first-order valence-electron chi connectivity index (χ1n) is 13.8. The van der Waals surface area contributed by atoms with Crippen LogP contribution in [0.1, 0.15) is 65.5 Å². The molecular formula is C29H40N6O4. The van der Waals surface area contributed by atoms with Gasteiger partial charge in [-0.1, -0.05) is 52.2 Å². The third kappa shape index (κ3) is 6.85. The summed E-state index contributed by atoms with van der Waals surface area (Å²) >= 11 is 0. The van der Waals surface area contributed by atoms with Crippen LogP contribution < -0.4 is 20.4 Å². The highest BCUT2D eigenvalue weighted by Crippen LogP contribution is 2.37. The first-order chi connectivity index (χ1) is 18.5. The Kier molecular flexibility index (Phi) is 8.72. The van der Waals surface area contributed by atoms with Crippen LogP contribution in [0.25, 0.3) is 0 Å². The second-order valence-electron chi connectivity index (χ2n) is 11.6. The van der Waals surface area contributed by atoms with Gasteiger partial charge in [0.25, 0.3) is 5.91 Å². The number of fused-ring (bicyclic) bond motifs is 1. The highest BCUT2D eigenvalue weighted by atomic mass is 16.2. The molecule has 2 aromatic rings. The third-order valence-corrected chi connectivity index (χ3v) is 7.66. The SMILES string of the molecule is CC(=O)C(Cc1cnc[nH]1)NC(=O)N[C@@H]1CN(C2CCCCC2)c2ccccc2N(CC(=O)C(C)(C)C)C1=O. The second-order valence-corrected chi connectivity index (χ2v) is 11.6. The van der Waals surface area contributed by atoms with Gasteiger partial charge in [0.15, 0.2) is 11.6 Å². The minimum Gasteiger partial charge on any atom is -0.364 e. The van der Waals surface area contributed by atoms with Gasteiger partial charge in [-0.25, -0.2) is 9.78 Å². The largest absolute Gasteiger partial charge is 0.364 e. The number of carbonyl (C=O) groups is 4. The summed E-state index contributed by atoms with van der Waals surface area (Å²) in [4.78, 5) is 63.3. The summed E-state index contributed by atoms with van der Waals surface area (Å²) in [6, 6.07) is 5.60. The number of nitrogens with one attached hydrogen (secondary N) is 3. The lowest BCUT2D eigenvalue weighted by molar-refractivity contribution is -0.127. The van der Waals surface area contributed by atoms with Crippen LogP contribution in [0.15, 0.2) is 36.8 Å². The first-order valence-corrected chi connectivity index (χ1v) is 13.8. The van der Waals surface area contributed by atoms with E-state index in [9.17, 15) is 19.2 Å². The zero-order valence-corrected chi connectivity index (χ0v) is 23.3. The Bertz CT molecular complexity index is 1180. The van der Waals surface area contributed by atoms with Crippen molar-refractivity contribution in [1.82, 2.24) is 20.6 Å². The van der Waals surface area contributed by atoms with E-state index in [1.807, 2.05) is 45.0 Å². The molecule has 2 heterocycles. The van der Waals surface area contributed by atoms with E-state index in [1.54, 1.807) is 6.20 Å². The molecule has 0 bridgehead atoms. The number of amides is 3. The van der Waals surface area contributed by atoms with Gasteiger partial charge in [-0.3, -0.25) is 14.4 Å². The molecule has 2 aliphatic rings. The molecule has 3 N–H and O–H groups in total.